The van der Waals surface area contributed by atoms with E-state index in [2.05, 4.69) is 27.1 Å². The normalized spacial score (nSPS) is 10.8. The first-order valence-electron chi connectivity index (χ1n) is 6.53. The Labute approximate surface area is 133 Å². The van der Waals surface area contributed by atoms with Crippen molar-refractivity contribution in [2.24, 2.45) is 0 Å². The van der Waals surface area contributed by atoms with Gasteiger partial charge in [-0.05, 0) is 35.4 Å². The van der Waals surface area contributed by atoms with Gasteiger partial charge in [-0.2, -0.15) is 10.4 Å². The first-order chi connectivity index (χ1) is 10.6. The highest BCUT2D eigenvalue weighted by atomic mass is 79.9. The molecule has 22 heavy (non-hydrogen) atoms. The van der Waals surface area contributed by atoms with Crippen LogP contribution in [0.3, 0.4) is 0 Å². The third-order valence-corrected chi connectivity index (χ3v) is 3.82. The smallest absolute Gasteiger partial charge is 0.159 e. The average Bonchev–Trinajstić information content (AvgIpc) is 2.86. The van der Waals surface area contributed by atoms with Crippen LogP contribution < -0.4 is 0 Å². The minimum absolute atomic E-state index is 0.249. The quantitative estimate of drug-likeness (QED) is 0.701. The first kappa shape index (κ1) is 14.7. The summed E-state index contributed by atoms with van der Waals surface area (Å²) in [5.41, 5.74) is 2.27. The molecule has 0 saturated carbocycles. The lowest BCUT2D eigenvalue weighted by molar-refractivity contribution is 0.506. The van der Waals surface area contributed by atoms with E-state index in [1.54, 1.807) is 10.9 Å². The maximum Gasteiger partial charge on any atom is 0.159 e. The Kier molecular flexibility index (Phi) is 3.90. The second-order valence-electron chi connectivity index (χ2n) is 4.89. The van der Waals surface area contributed by atoms with Gasteiger partial charge in [-0.15, -0.1) is 0 Å². The van der Waals surface area contributed by atoms with E-state index in [1.807, 2.05) is 12.1 Å². The molecule has 0 unspecified atom stereocenters. The second-order valence-corrected chi connectivity index (χ2v) is 5.80. The van der Waals surface area contributed by atoms with Gasteiger partial charge in [0.15, 0.2) is 11.6 Å². The molecule has 0 bridgehead atoms. The van der Waals surface area contributed by atoms with Gasteiger partial charge < -0.3 is 0 Å². The van der Waals surface area contributed by atoms with E-state index in [9.17, 15) is 8.78 Å². The molecule has 0 aliphatic heterocycles. The Morgan fingerprint density at radius 2 is 2.00 bits per heavy atom. The fraction of sp³-hybridized carbons (Fsp3) is 0.125. The Bertz CT molecular complexity index is 896. The highest BCUT2D eigenvalue weighted by molar-refractivity contribution is 9.10. The Balaban J connectivity index is 2.07. The summed E-state index contributed by atoms with van der Waals surface area (Å²) in [4.78, 5) is 0. The number of nitrogens with zero attached hydrogens (tertiary/aromatic N) is 3. The number of nitriles is 1. The third kappa shape index (κ3) is 2.72. The average molecular weight is 362 g/mol. The van der Waals surface area contributed by atoms with Crippen LogP contribution >= 0.6 is 15.9 Å². The third-order valence-electron chi connectivity index (χ3n) is 3.36. The molecule has 1 heterocycles. The predicted octanol–water partition coefficient (Wildman–Crippen LogP) is 4.19. The number of aromatic nitrogens is 2. The van der Waals surface area contributed by atoms with E-state index in [0.29, 0.717) is 12.1 Å². The van der Waals surface area contributed by atoms with Gasteiger partial charge in [0.05, 0.1) is 30.7 Å². The lowest BCUT2D eigenvalue weighted by Gasteiger charge is -2.08. The van der Waals surface area contributed by atoms with E-state index in [-0.39, 0.29) is 6.42 Å². The van der Waals surface area contributed by atoms with Crippen molar-refractivity contribution in [1.29, 1.82) is 5.26 Å². The molecule has 0 radical (unpaired) electrons. The molecule has 3 rings (SSSR count). The maximum atomic E-state index is 13.3. The van der Waals surface area contributed by atoms with Crippen molar-refractivity contribution in [3.8, 4) is 6.07 Å². The highest BCUT2D eigenvalue weighted by Crippen LogP contribution is 2.25. The van der Waals surface area contributed by atoms with Crippen LogP contribution in [0.1, 0.15) is 11.1 Å². The van der Waals surface area contributed by atoms with Gasteiger partial charge in [-0.25, -0.2) is 8.78 Å². The Morgan fingerprint density at radius 3 is 2.73 bits per heavy atom. The molecule has 0 atom stereocenters. The molecule has 0 aliphatic rings. The van der Waals surface area contributed by atoms with Crippen molar-refractivity contribution in [2.75, 3.05) is 0 Å². The molecule has 0 fully saturated rings. The number of hydrogen-bond acceptors (Lipinski definition) is 2. The van der Waals surface area contributed by atoms with Crippen molar-refractivity contribution < 1.29 is 8.78 Å². The van der Waals surface area contributed by atoms with Crippen LogP contribution in [0.25, 0.3) is 10.9 Å². The zero-order valence-electron chi connectivity index (χ0n) is 11.4. The summed E-state index contributed by atoms with van der Waals surface area (Å²) in [6.07, 6.45) is 1.94. The summed E-state index contributed by atoms with van der Waals surface area (Å²) < 4.78 is 28.9. The van der Waals surface area contributed by atoms with Crippen molar-refractivity contribution in [2.45, 2.75) is 13.0 Å². The molecule has 6 heteroatoms. The lowest BCUT2D eigenvalue weighted by Crippen LogP contribution is -2.04. The lowest BCUT2D eigenvalue weighted by atomic mass is 10.1. The van der Waals surface area contributed by atoms with Gasteiger partial charge in [-0.1, -0.05) is 22.0 Å². The molecule has 2 aromatic carbocycles. The SMILES string of the molecule is N#CCc1cc(Br)cc2cnn(Cc3ccc(F)c(F)c3)c12. The molecule has 0 amide bonds. The van der Waals surface area contributed by atoms with Crippen LogP contribution in [0.2, 0.25) is 0 Å². The topological polar surface area (TPSA) is 41.6 Å². The highest BCUT2D eigenvalue weighted by Gasteiger charge is 2.11. The monoisotopic (exact) mass is 361 g/mol. The summed E-state index contributed by atoms with van der Waals surface area (Å²) in [6.45, 7) is 0.306. The minimum atomic E-state index is -0.881. The predicted molar refractivity (Wildman–Crippen MR) is 82.2 cm³/mol. The summed E-state index contributed by atoms with van der Waals surface area (Å²) in [5.74, 6) is -1.75. The number of fused-ring (bicyclic) bond motifs is 1. The van der Waals surface area contributed by atoms with E-state index in [0.717, 1.165) is 33.1 Å². The first-order valence-corrected chi connectivity index (χ1v) is 7.32. The fourth-order valence-corrected chi connectivity index (χ4v) is 2.96. The van der Waals surface area contributed by atoms with Crippen LogP contribution in [0, 0.1) is 23.0 Å². The minimum Gasteiger partial charge on any atom is -0.260 e. The number of benzene rings is 2. The van der Waals surface area contributed by atoms with E-state index in [4.69, 9.17) is 5.26 Å². The number of hydrogen-bond donors (Lipinski definition) is 0. The summed E-state index contributed by atoms with van der Waals surface area (Å²) in [7, 11) is 0. The van der Waals surface area contributed by atoms with Crippen LogP contribution in [0.5, 0.6) is 0 Å². The molecule has 0 spiro atoms. The molecular formula is C16H10BrF2N3. The summed E-state index contributed by atoms with van der Waals surface area (Å²) >= 11 is 3.41. The van der Waals surface area contributed by atoms with Crippen LogP contribution in [0.15, 0.2) is 41.0 Å². The zero-order valence-corrected chi connectivity index (χ0v) is 12.9. The van der Waals surface area contributed by atoms with Crippen LogP contribution in [-0.4, -0.2) is 9.78 Å². The standard InChI is InChI=1S/C16H10BrF2N3/c17-13-6-11(3-4-20)16-12(7-13)8-21-22(16)9-10-1-2-14(18)15(19)5-10/h1-2,5-8H,3,9H2. The van der Waals surface area contributed by atoms with E-state index >= 15 is 0 Å². The van der Waals surface area contributed by atoms with Gasteiger partial charge in [0.25, 0.3) is 0 Å². The second kappa shape index (κ2) is 5.85. The largest absolute Gasteiger partial charge is 0.260 e. The molecule has 3 nitrogen and oxygen atoms in total. The van der Waals surface area contributed by atoms with Crippen molar-refractivity contribution >= 4 is 26.8 Å². The van der Waals surface area contributed by atoms with Gasteiger partial charge in [0.2, 0.25) is 0 Å². The number of rotatable bonds is 3. The Morgan fingerprint density at radius 1 is 1.18 bits per heavy atom. The van der Waals surface area contributed by atoms with E-state index < -0.39 is 11.6 Å². The van der Waals surface area contributed by atoms with Crippen LogP contribution in [-0.2, 0) is 13.0 Å². The van der Waals surface area contributed by atoms with Crippen molar-refractivity contribution in [1.82, 2.24) is 9.78 Å². The van der Waals surface area contributed by atoms with Gasteiger partial charge in [0, 0.05) is 9.86 Å². The summed E-state index contributed by atoms with van der Waals surface area (Å²) in [6, 6.07) is 9.69. The summed E-state index contributed by atoms with van der Waals surface area (Å²) in [5, 5.41) is 14.2. The molecule has 1 aromatic heterocycles. The van der Waals surface area contributed by atoms with Gasteiger partial charge >= 0.3 is 0 Å². The number of halogens is 3. The maximum absolute atomic E-state index is 13.3. The zero-order chi connectivity index (χ0) is 15.7. The molecule has 110 valence electrons. The van der Waals surface area contributed by atoms with Crippen LogP contribution in [0.4, 0.5) is 8.78 Å². The molecule has 0 aliphatic carbocycles. The molecule has 0 N–H and O–H groups in total. The molecule has 3 aromatic rings. The van der Waals surface area contributed by atoms with Crippen molar-refractivity contribution in [3.05, 3.63) is 63.8 Å². The Hall–Kier alpha value is -2.26. The fourth-order valence-electron chi connectivity index (χ4n) is 2.43. The molecule has 0 saturated heterocycles. The molecular weight excluding hydrogens is 352 g/mol. The van der Waals surface area contributed by atoms with E-state index in [1.165, 1.54) is 6.07 Å². The van der Waals surface area contributed by atoms with Gasteiger partial charge in [-0.3, -0.25) is 4.68 Å². The van der Waals surface area contributed by atoms with Crippen molar-refractivity contribution in [3.63, 3.8) is 0 Å². The van der Waals surface area contributed by atoms with Gasteiger partial charge in [0.1, 0.15) is 0 Å².